The van der Waals surface area contributed by atoms with Gasteiger partial charge in [-0.3, -0.25) is 4.79 Å². The predicted molar refractivity (Wildman–Crippen MR) is 134 cm³/mol. The van der Waals surface area contributed by atoms with Crippen LogP contribution in [0.3, 0.4) is 0 Å². The second-order valence-corrected chi connectivity index (χ2v) is 8.58. The molecular weight excluding hydrogens is 459 g/mol. The zero-order valence-corrected chi connectivity index (χ0v) is 20.0. The van der Waals surface area contributed by atoms with E-state index in [1.807, 2.05) is 36.6 Å². The van der Waals surface area contributed by atoms with Crippen LogP contribution in [0.25, 0.3) is 28.0 Å². The second kappa shape index (κ2) is 9.26. The number of esters is 1. The van der Waals surface area contributed by atoms with E-state index in [1.54, 1.807) is 49.4 Å². The predicted octanol–water partition coefficient (Wildman–Crippen LogP) is 6.39. The number of hydrogen-bond acceptors (Lipinski definition) is 5. The third-order valence-electron chi connectivity index (χ3n) is 6.08. The molecule has 3 heterocycles. The van der Waals surface area contributed by atoms with Crippen LogP contribution in [0.2, 0.25) is 0 Å². The molecular formula is C29H23FN2O4. The third-order valence-corrected chi connectivity index (χ3v) is 6.08. The first-order valence-electron chi connectivity index (χ1n) is 11.4. The van der Waals surface area contributed by atoms with Crippen LogP contribution in [-0.2, 0) is 4.74 Å². The van der Waals surface area contributed by atoms with Gasteiger partial charge in [0.05, 0.1) is 11.1 Å². The largest absolute Gasteiger partial charge is 0.460 e. The number of halogens is 1. The zero-order chi connectivity index (χ0) is 25.4. The van der Waals surface area contributed by atoms with Crippen LogP contribution in [0.4, 0.5) is 4.39 Å². The summed E-state index contributed by atoms with van der Waals surface area (Å²) in [7, 11) is 0. The first kappa shape index (κ1) is 23.2. The van der Waals surface area contributed by atoms with Gasteiger partial charge in [0.15, 0.2) is 12.4 Å². The number of ether oxygens (including phenoxy) is 1. The van der Waals surface area contributed by atoms with Gasteiger partial charge in [0.25, 0.3) is 0 Å². The minimum absolute atomic E-state index is 0.300. The standard InChI is InChI=1S/C29H23FN2O4/c1-17-14-23(19(3)32(17)21-11-9-20(30)10-12-21)27(33)16-35-29(34)24-15-26(28-13-8-18(2)36-28)31-25-7-5-4-6-22(24)25/h4-15H,16H2,1-3H3. The molecule has 0 radical (unpaired) electrons. The lowest BCUT2D eigenvalue weighted by atomic mass is 10.1. The van der Waals surface area contributed by atoms with E-state index in [0.717, 1.165) is 17.1 Å². The highest BCUT2D eigenvalue weighted by Gasteiger charge is 2.21. The fraction of sp³-hybridized carbons (Fsp3) is 0.138. The molecule has 0 saturated heterocycles. The first-order chi connectivity index (χ1) is 17.3. The molecule has 2 aromatic carbocycles. The van der Waals surface area contributed by atoms with Crippen molar-refractivity contribution in [3.05, 3.63) is 107 Å². The normalized spacial score (nSPS) is 11.1. The Kier molecular flexibility index (Phi) is 5.98. The quantitative estimate of drug-likeness (QED) is 0.207. The summed E-state index contributed by atoms with van der Waals surface area (Å²) in [5, 5.41) is 0.622. The monoisotopic (exact) mass is 482 g/mol. The van der Waals surface area contributed by atoms with Crippen LogP contribution in [0, 0.1) is 26.6 Å². The molecule has 0 unspecified atom stereocenters. The molecule has 5 aromatic rings. The van der Waals surface area contributed by atoms with E-state index in [9.17, 15) is 14.0 Å². The number of pyridine rings is 1. The minimum atomic E-state index is -0.626. The summed E-state index contributed by atoms with van der Waals surface area (Å²) < 4.78 is 26.4. The number of aromatic nitrogens is 2. The van der Waals surface area contributed by atoms with E-state index in [4.69, 9.17) is 9.15 Å². The number of nitrogens with zero attached hydrogens (tertiary/aromatic N) is 2. The van der Waals surface area contributed by atoms with Crippen LogP contribution < -0.4 is 0 Å². The number of aryl methyl sites for hydroxylation is 2. The molecule has 0 bridgehead atoms. The van der Waals surface area contributed by atoms with Gasteiger partial charge in [-0.15, -0.1) is 0 Å². The topological polar surface area (TPSA) is 74.3 Å². The molecule has 0 amide bonds. The number of para-hydroxylation sites is 1. The lowest BCUT2D eigenvalue weighted by molar-refractivity contribution is 0.0476. The van der Waals surface area contributed by atoms with Gasteiger partial charge in [-0.05, 0) is 75.4 Å². The molecule has 0 spiro atoms. The van der Waals surface area contributed by atoms with Crippen molar-refractivity contribution in [2.45, 2.75) is 20.8 Å². The Labute approximate surface area is 207 Å². The van der Waals surface area contributed by atoms with E-state index in [1.165, 1.54) is 12.1 Å². The molecule has 0 aliphatic rings. The van der Waals surface area contributed by atoms with Gasteiger partial charge in [-0.1, -0.05) is 18.2 Å². The summed E-state index contributed by atoms with van der Waals surface area (Å²) in [5.41, 5.74) is 4.10. The average Bonchev–Trinajstić information content (AvgIpc) is 3.44. The summed E-state index contributed by atoms with van der Waals surface area (Å²) in [5.74, 6) is -0.0215. The number of carbonyl (C=O) groups excluding carboxylic acids is 2. The van der Waals surface area contributed by atoms with E-state index in [2.05, 4.69) is 4.98 Å². The lowest BCUT2D eigenvalue weighted by Crippen LogP contribution is -2.15. The molecule has 5 rings (SSSR count). The number of furan rings is 1. The Morgan fingerprint density at radius 2 is 1.69 bits per heavy atom. The van der Waals surface area contributed by atoms with E-state index in [0.29, 0.717) is 39.2 Å². The number of ketones is 1. The van der Waals surface area contributed by atoms with E-state index < -0.39 is 12.6 Å². The Bertz CT molecular complexity index is 1610. The zero-order valence-electron chi connectivity index (χ0n) is 20.0. The molecule has 0 aliphatic carbocycles. The fourth-order valence-corrected chi connectivity index (χ4v) is 4.36. The molecule has 0 fully saturated rings. The Hall–Kier alpha value is -4.52. The molecule has 36 heavy (non-hydrogen) atoms. The molecule has 0 aliphatic heterocycles. The number of fused-ring (bicyclic) bond motifs is 1. The Balaban J connectivity index is 1.40. The number of Topliss-reactive ketones (excluding diaryl/α,β-unsaturated/α-hetero) is 1. The minimum Gasteiger partial charge on any atom is -0.460 e. The molecule has 7 heteroatoms. The highest BCUT2D eigenvalue weighted by atomic mass is 19.1. The van der Waals surface area contributed by atoms with Gasteiger partial charge in [-0.25, -0.2) is 14.2 Å². The summed E-state index contributed by atoms with van der Waals surface area (Å²) in [4.78, 5) is 30.8. The number of rotatable bonds is 6. The Morgan fingerprint density at radius 3 is 2.42 bits per heavy atom. The van der Waals surface area contributed by atoms with Crippen molar-refractivity contribution in [1.29, 1.82) is 0 Å². The van der Waals surface area contributed by atoms with Gasteiger partial charge >= 0.3 is 5.97 Å². The van der Waals surface area contributed by atoms with E-state index in [-0.39, 0.29) is 11.6 Å². The maximum absolute atomic E-state index is 13.4. The van der Waals surface area contributed by atoms with Crippen molar-refractivity contribution >= 4 is 22.7 Å². The summed E-state index contributed by atoms with van der Waals surface area (Å²) in [6.45, 7) is 5.08. The van der Waals surface area contributed by atoms with Crippen LogP contribution in [-0.4, -0.2) is 27.9 Å². The maximum Gasteiger partial charge on any atom is 0.339 e. The smallest absolute Gasteiger partial charge is 0.339 e. The van der Waals surface area contributed by atoms with Crippen molar-refractivity contribution in [2.75, 3.05) is 6.61 Å². The SMILES string of the molecule is Cc1ccc(-c2cc(C(=O)OCC(=O)c3cc(C)n(-c4ccc(F)cc4)c3C)c3ccccc3n2)o1. The third kappa shape index (κ3) is 4.31. The number of benzene rings is 2. The van der Waals surface area contributed by atoms with Crippen molar-refractivity contribution in [3.63, 3.8) is 0 Å². The first-order valence-corrected chi connectivity index (χ1v) is 11.4. The van der Waals surface area contributed by atoms with Gasteiger partial charge in [-0.2, -0.15) is 0 Å². The molecule has 0 saturated carbocycles. The lowest BCUT2D eigenvalue weighted by Gasteiger charge is -2.10. The van der Waals surface area contributed by atoms with Crippen LogP contribution in [0.15, 0.2) is 77.2 Å². The summed E-state index contributed by atoms with van der Waals surface area (Å²) in [6.07, 6.45) is 0. The van der Waals surface area contributed by atoms with Crippen molar-refractivity contribution in [3.8, 4) is 17.1 Å². The van der Waals surface area contributed by atoms with E-state index >= 15 is 0 Å². The molecule has 0 N–H and O–H groups in total. The molecule has 180 valence electrons. The summed E-state index contributed by atoms with van der Waals surface area (Å²) >= 11 is 0. The number of hydrogen-bond donors (Lipinski definition) is 0. The fourth-order valence-electron chi connectivity index (χ4n) is 4.36. The van der Waals surface area contributed by atoms with Crippen LogP contribution in [0.5, 0.6) is 0 Å². The highest BCUT2D eigenvalue weighted by Crippen LogP contribution is 2.27. The average molecular weight is 483 g/mol. The summed E-state index contributed by atoms with van der Waals surface area (Å²) in [6, 6.07) is 20.3. The van der Waals surface area contributed by atoms with Gasteiger partial charge < -0.3 is 13.7 Å². The second-order valence-electron chi connectivity index (χ2n) is 8.58. The molecule has 0 atom stereocenters. The Morgan fingerprint density at radius 1 is 0.944 bits per heavy atom. The number of carbonyl (C=O) groups is 2. The van der Waals surface area contributed by atoms with Gasteiger partial charge in [0, 0.05) is 28.0 Å². The van der Waals surface area contributed by atoms with Gasteiger partial charge in [0.1, 0.15) is 17.3 Å². The molecule has 3 aromatic heterocycles. The van der Waals surface area contributed by atoms with Crippen molar-refractivity contribution < 1.29 is 23.1 Å². The van der Waals surface area contributed by atoms with Gasteiger partial charge in [0.2, 0.25) is 5.78 Å². The maximum atomic E-state index is 13.4. The van der Waals surface area contributed by atoms with Crippen molar-refractivity contribution in [2.24, 2.45) is 0 Å². The highest BCUT2D eigenvalue weighted by molar-refractivity contribution is 6.06. The van der Waals surface area contributed by atoms with Crippen LogP contribution in [0.1, 0.15) is 37.9 Å². The molecule has 6 nitrogen and oxygen atoms in total. The van der Waals surface area contributed by atoms with Crippen molar-refractivity contribution in [1.82, 2.24) is 9.55 Å². The van der Waals surface area contributed by atoms with Crippen LogP contribution >= 0.6 is 0 Å².